The maximum atomic E-state index is 13.4. The predicted molar refractivity (Wildman–Crippen MR) is 138 cm³/mol. The number of nitrogens with one attached hydrogen (secondary N) is 1. The first-order valence-electron chi connectivity index (χ1n) is 12.6. The third kappa shape index (κ3) is 4.69. The Hall–Kier alpha value is -2.49. The van der Waals surface area contributed by atoms with Crippen molar-refractivity contribution in [3.8, 4) is 0 Å². The van der Waals surface area contributed by atoms with Crippen molar-refractivity contribution in [2.45, 2.75) is 44.6 Å². The molecule has 3 aliphatic heterocycles. The molecular weight excluding hydrogens is 464 g/mol. The zero-order chi connectivity index (χ0) is 24.7. The lowest BCUT2D eigenvalue weighted by atomic mass is 9.93. The van der Waals surface area contributed by atoms with E-state index < -0.39 is 10.0 Å². The molecule has 3 heterocycles. The predicted octanol–water partition coefficient (Wildman–Crippen LogP) is 3.28. The van der Waals surface area contributed by atoms with Gasteiger partial charge in [0.05, 0.1) is 18.0 Å². The molecule has 1 atom stereocenters. The van der Waals surface area contributed by atoms with Crippen molar-refractivity contribution in [3.05, 3.63) is 35.9 Å². The smallest absolute Gasteiger partial charge is 0.258 e. The van der Waals surface area contributed by atoms with Gasteiger partial charge in [0.1, 0.15) is 0 Å². The van der Waals surface area contributed by atoms with Gasteiger partial charge in [-0.05, 0) is 69.3 Å². The molecule has 1 N–H and O–H groups in total. The van der Waals surface area contributed by atoms with Crippen molar-refractivity contribution >= 4 is 44.0 Å². The van der Waals surface area contributed by atoms with Gasteiger partial charge in [-0.1, -0.05) is 18.6 Å². The van der Waals surface area contributed by atoms with E-state index in [9.17, 15) is 18.0 Å². The fraction of sp³-hybridized carbons (Fsp3) is 0.538. The highest BCUT2D eigenvalue weighted by molar-refractivity contribution is 7.88. The molecule has 0 aliphatic carbocycles. The zero-order valence-electron chi connectivity index (χ0n) is 20.5. The van der Waals surface area contributed by atoms with Crippen LogP contribution in [0.15, 0.2) is 30.3 Å². The molecule has 188 valence electrons. The van der Waals surface area contributed by atoms with Crippen LogP contribution in [-0.2, 0) is 14.8 Å². The van der Waals surface area contributed by atoms with Crippen molar-refractivity contribution in [2.24, 2.45) is 5.92 Å². The number of piperidine rings is 2. The molecule has 3 aliphatic rings. The van der Waals surface area contributed by atoms with Crippen molar-refractivity contribution < 1.29 is 18.0 Å². The number of likely N-dealkylation sites (tertiary alicyclic amines) is 1. The Labute approximate surface area is 207 Å². The van der Waals surface area contributed by atoms with Crippen LogP contribution in [0.25, 0.3) is 10.8 Å². The van der Waals surface area contributed by atoms with Gasteiger partial charge in [0, 0.05) is 42.2 Å². The number of carbonyl (C=O) groups excluding carboxylic acids is 2. The first kappa shape index (κ1) is 24.2. The van der Waals surface area contributed by atoms with Gasteiger partial charge in [-0.25, -0.2) is 12.7 Å². The van der Waals surface area contributed by atoms with Gasteiger partial charge >= 0.3 is 0 Å². The summed E-state index contributed by atoms with van der Waals surface area (Å²) < 4.78 is 25.1. The van der Waals surface area contributed by atoms with Gasteiger partial charge < -0.3 is 10.2 Å². The maximum absolute atomic E-state index is 13.4. The molecule has 9 heteroatoms. The number of hydrogen-bond acceptors (Lipinski definition) is 5. The Morgan fingerprint density at radius 1 is 1.06 bits per heavy atom. The number of amides is 2. The van der Waals surface area contributed by atoms with E-state index in [2.05, 4.69) is 10.2 Å². The Morgan fingerprint density at radius 2 is 1.83 bits per heavy atom. The third-order valence-corrected chi connectivity index (χ3v) is 9.26. The number of nitrogens with zero attached hydrogens (tertiary/aromatic N) is 3. The monoisotopic (exact) mass is 498 g/mol. The van der Waals surface area contributed by atoms with E-state index in [0.717, 1.165) is 73.8 Å². The Balaban J connectivity index is 1.26. The summed E-state index contributed by atoms with van der Waals surface area (Å²) in [7, 11) is -1.33. The van der Waals surface area contributed by atoms with Crippen LogP contribution in [-0.4, -0.2) is 75.0 Å². The average molecular weight is 499 g/mol. The summed E-state index contributed by atoms with van der Waals surface area (Å²) in [6.07, 6.45) is 6.98. The first-order valence-corrected chi connectivity index (χ1v) is 14.4. The van der Waals surface area contributed by atoms with Crippen LogP contribution in [0.3, 0.4) is 0 Å². The normalized spacial score (nSPS) is 22.2. The first-order chi connectivity index (χ1) is 16.7. The van der Waals surface area contributed by atoms with Crippen molar-refractivity contribution in [1.82, 2.24) is 9.21 Å². The van der Waals surface area contributed by atoms with Crippen LogP contribution in [0.1, 0.15) is 48.9 Å². The number of rotatable bonds is 6. The van der Waals surface area contributed by atoms with E-state index in [1.54, 1.807) is 16.3 Å². The lowest BCUT2D eigenvalue weighted by Gasteiger charge is -2.37. The van der Waals surface area contributed by atoms with Gasteiger partial charge in [-0.3, -0.25) is 14.5 Å². The summed E-state index contributed by atoms with van der Waals surface area (Å²) in [6.45, 7) is 2.94. The number of carbonyl (C=O) groups is 2. The number of hydrogen-bond donors (Lipinski definition) is 1. The molecule has 2 aromatic rings. The molecule has 0 aromatic heterocycles. The standard InChI is InChI=1S/C26H34N4O4S/c1-28-22-10-9-21(19-6-5-7-20(24(19)22)26(28)32)27-25(31)23-8-3-4-14-29(23)15-11-18-12-16-30(17-13-18)35(2,33)34/h5-7,9-10,18,23H,3-4,8,11-17H2,1-2H3,(H,27,31). The van der Waals surface area contributed by atoms with Crippen molar-refractivity contribution in [2.75, 3.05) is 49.7 Å². The minimum atomic E-state index is -3.11. The minimum absolute atomic E-state index is 0.00924. The highest BCUT2D eigenvalue weighted by Crippen LogP contribution is 2.40. The second-order valence-corrected chi connectivity index (χ2v) is 12.1. The van der Waals surface area contributed by atoms with Gasteiger partial charge in [-0.2, -0.15) is 0 Å². The summed E-state index contributed by atoms with van der Waals surface area (Å²) >= 11 is 0. The van der Waals surface area contributed by atoms with Crippen LogP contribution in [0.5, 0.6) is 0 Å². The fourth-order valence-electron chi connectivity index (χ4n) is 5.89. The molecule has 0 saturated carbocycles. The molecule has 5 rings (SSSR count). The average Bonchev–Trinajstić information content (AvgIpc) is 3.10. The highest BCUT2D eigenvalue weighted by Gasteiger charge is 2.32. The molecule has 2 aromatic carbocycles. The maximum Gasteiger partial charge on any atom is 0.258 e. The molecule has 8 nitrogen and oxygen atoms in total. The lowest BCUT2D eigenvalue weighted by molar-refractivity contribution is -0.122. The quantitative estimate of drug-likeness (QED) is 0.660. The summed E-state index contributed by atoms with van der Waals surface area (Å²) in [4.78, 5) is 30.0. The van der Waals surface area contributed by atoms with Crippen LogP contribution in [0, 0.1) is 5.92 Å². The van der Waals surface area contributed by atoms with Crippen LogP contribution in [0.4, 0.5) is 11.4 Å². The minimum Gasteiger partial charge on any atom is -0.324 e. The summed E-state index contributed by atoms with van der Waals surface area (Å²) in [5.74, 6) is 0.481. The molecule has 2 amide bonds. The molecule has 0 radical (unpaired) electrons. The number of benzene rings is 2. The third-order valence-electron chi connectivity index (χ3n) is 7.96. The van der Waals surface area contributed by atoms with E-state index in [4.69, 9.17) is 0 Å². The van der Waals surface area contributed by atoms with Crippen molar-refractivity contribution in [1.29, 1.82) is 0 Å². The van der Waals surface area contributed by atoms with Crippen LogP contribution >= 0.6 is 0 Å². The SMILES string of the molecule is CN1C(=O)c2cccc3c(NC(=O)C4CCCCN4CCC4CCN(S(C)(=O)=O)CC4)ccc1c23. The fourth-order valence-corrected chi connectivity index (χ4v) is 6.77. The van der Waals surface area contributed by atoms with Gasteiger partial charge in [0.2, 0.25) is 15.9 Å². The van der Waals surface area contributed by atoms with Crippen LogP contribution < -0.4 is 10.2 Å². The molecule has 35 heavy (non-hydrogen) atoms. The molecule has 1 unspecified atom stereocenters. The lowest BCUT2D eigenvalue weighted by Crippen LogP contribution is -2.48. The van der Waals surface area contributed by atoms with Gasteiger partial charge in [-0.15, -0.1) is 0 Å². The van der Waals surface area contributed by atoms with E-state index >= 15 is 0 Å². The summed E-state index contributed by atoms with van der Waals surface area (Å²) in [5, 5.41) is 4.97. The summed E-state index contributed by atoms with van der Waals surface area (Å²) in [5.41, 5.74) is 2.30. The second kappa shape index (κ2) is 9.52. The zero-order valence-corrected chi connectivity index (χ0v) is 21.3. The van der Waals surface area contributed by atoms with Gasteiger partial charge in [0.25, 0.3) is 5.91 Å². The van der Waals surface area contributed by atoms with Crippen LogP contribution in [0.2, 0.25) is 0 Å². The topological polar surface area (TPSA) is 90.0 Å². The largest absolute Gasteiger partial charge is 0.324 e. The Kier molecular flexibility index (Phi) is 6.59. The van der Waals surface area contributed by atoms with E-state index in [0.29, 0.717) is 24.6 Å². The molecule has 0 spiro atoms. The van der Waals surface area contributed by atoms with E-state index in [1.165, 1.54) is 6.26 Å². The number of anilines is 2. The van der Waals surface area contributed by atoms with Crippen molar-refractivity contribution in [3.63, 3.8) is 0 Å². The molecule has 0 bridgehead atoms. The highest BCUT2D eigenvalue weighted by atomic mass is 32.2. The molecule has 2 saturated heterocycles. The Bertz CT molecular complexity index is 1250. The Morgan fingerprint density at radius 3 is 2.57 bits per heavy atom. The second-order valence-electron chi connectivity index (χ2n) is 10.2. The molecule has 2 fully saturated rings. The molecular formula is C26H34N4O4S. The van der Waals surface area contributed by atoms with E-state index in [1.807, 2.05) is 30.3 Å². The number of sulfonamides is 1. The summed E-state index contributed by atoms with van der Waals surface area (Å²) in [6, 6.07) is 9.31. The van der Waals surface area contributed by atoms with Gasteiger partial charge in [0.15, 0.2) is 0 Å². The van der Waals surface area contributed by atoms with E-state index in [-0.39, 0.29) is 17.9 Å².